The number of rotatable bonds is 4. The topological polar surface area (TPSA) is 39.1 Å². The van der Waals surface area contributed by atoms with Crippen molar-refractivity contribution in [1.29, 1.82) is 0 Å². The normalized spacial score (nSPS) is 13.0. The number of hydrogen-bond acceptors (Lipinski definition) is 3. The molecule has 0 aliphatic carbocycles. The summed E-state index contributed by atoms with van der Waals surface area (Å²) in [7, 11) is 4.08. The first-order valence-electron chi connectivity index (χ1n) is 8.65. The standard InChI is InChI=1S/C21H23N3O/c1-13(22-3)12-25-16-5-6-20-18(10-16)19-9-15-11-23-8-7-17(15)14(2)21(19)24(20)4/h5-11,13,22H,12H2,1-4H3. The summed E-state index contributed by atoms with van der Waals surface area (Å²) in [5, 5.41) is 8.11. The summed E-state index contributed by atoms with van der Waals surface area (Å²) in [4.78, 5) is 4.29. The van der Waals surface area contributed by atoms with E-state index in [2.05, 4.69) is 66.1 Å². The van der Waals surface area contributed by atoms with E-state index in [-0.39, 0.29) is 0 Å². The zero-order valence-electron chi connectivity index (χ0n) is 15.1. The number of nitrogens with zero attached hydrogens (tertiary/aromatic N) is 2. The number of hydrogen-bond donors (Lipinski definition) is 1. The monoisotopic (exact) mass is 333 g/mol. The van der Waals surface area contributed by atoms with Crippen molar-refractivity contribution in [3.05, 3.63) is 48.3 Å². The Morgan fingerprint density at radius 1 is 1.16 bits per heavy atom. The van der Waals surface area contributed by atoms with Crippen LogP contribution in [0.1, 0.15) is 12.5 Å². The zero-order valence-corrected chi connectivity index (χ0v) is 15.1. The van der Waals surface area contributed by atoms with Gasteiger partial charge in [-0.25, -0.2) is 0 Å². The molecule has 0 fully saturated rings. The minimum absolute atomic E-state index is 0.320. The summed E-state index contributed by atoms with van der Waals surface area (Å²) in [5.74, 6) is 0.908. The quantitative estimate of drug-likeness (QED) is 0.609. The zero-order chi connectivity index (χ0) is 17.6. The maximum Gasteiger partial charge on any atom is 0.120 e. The fraction of sp³-hybridized carbons (Fsp3) is 0.286. The predicted octanol–water partition coefficient (Wildman–Crippen LogP) is 4.17. The number of aryl methyl sites for hydroxylation is 2. The second kappa shape index (κ2) is 6.05. The van der Waals surface area contributed by atoms with Crippen LogP contribution in [0.2, 0.25) is 0 Å². The van der Waals surface area contributed by atoms with Gasteiger partial charge in [-0.05, 0) is 62.2 Å². The van der Waals surface area contributed by atoms with Crippen molar-refractivity contribution in [2.24, 2.45) is 7.05 Å². The van der Waals surface area contributed by atoms with Crippen LogP contribution in [0.15, 0.2) is 42.7 Å². The molecule has 1 unspecified atom stereocenters. The van der Waals surface area contributed by atoms with Gasteiger partial charge < -0.3 is 14.6 Å². The third-order valence-electron chi connectivity index (χ3n) is 5.11. The van der Waals surface area contributed by atoms with Gasteiger partial charge in [-0.3, -0.25) is 4.98 Å². The van der Waals surface area contributed by atoms with E-state index in [9.17, 15) is 0 Å². The molecule has 4 heteroatoms. The molecule has 25 heavy (non-hydrogen) atoms. The lowest BCUT2D eigenvalue weighted by molar-refractivity contribution is 0.280. The lowest BCUT2D eigenvalue weighted by atomic mass is 10.0. The van der Waals surface area contributed by atoms with E-state index >= 15 is 0 Å². The Kier molecular flexibility index (Phi) is 3.85. The molecule has 2 heterocycles. The Bertz CT molecular complexity index is 1080. The highest BCUT2D eigenvalue weighted by molar-refractivity contribution is 6.14. The van der Waals surface area contributed by atoms with Crippen LogP contribution in [0.3, 0.4) is 0 Å². The van der Waals surface area contributed by atoms with Crippen molar-refractivity contribution in [3.8, 4) is 5.75 Å². The molecule has 0 amide bonds. The number of ether oxygens (including phenoxy) is 1. The van der Waals surface area contributed by atoms with Gasteiger partial charge in [0.25, 0.3) is 0 Å². The van der Waals surface area contributed by atoms with Gasteiger partial charge in [-0.2, -0.15) is 0 Å². The molecule has 0 saturated carbocycles. The number of nitrogens with one attached hydrogen (secondary N) is 1. The molecule has 0 saturated heterocycles. The summed E-state index contributed by atoms with van der Waals surface area (Å²) in [5.41, 5.74) is 3.78. The van der Waals surface area contributed by atoms with Gasteiger partial charge in [-0.1, -0.05) is 0 Å². The van der Waals surface area contributed by atoms with Gasteiger partial charge in [0.15, 0.2) is 0 Å². The molecule has 4 nitrogen and oxygen atoms in total. The van der Waals surface area contributed by atoms with Gasteiger partial charge in [0.05, 0.1) is 5.52 Å². The Morgan fingerprint density at radius 3 is 2.80 bits per heavy atom. The number of pyridine rings is 1. The molecule has 2 aromatic heterocycles. The number of benzene rings is 2. The second-order valence-corrected chi connectivity index (χ2v) is 6.73. The van der Waals surface area contributed by atoms with E-state index < -0.39 is 0 Å². The van der Waals surface area contributed by atoms with Crippen molar-refractivity contribution < 1.29 is 4.74 Å². The molecule has 1 N–H and O–H groups in total. The van der Waals surface area contributed by atoms with E-state index in [1.54, 1.807) is 0 Å². The first-order valence-corrected chi connectivity index (χ1v) is 8.65. The number of likely N-dealkylation sites (N-methyl/N-ethyl adjacent to an activating group) is 1. The van der Waals surface area contributed by atoms with Crippen molar-refractivity contribution in [2.75, 3.05) is 13.7 Å². The fourth-order valence-electron chi connectivity index (χ4n) is 3.59. The molecule has 0 aliphatic rings. The van der Waals surface area contributed by atoms with Crippen LogP contribution >= 0.6 is 0 Å². The largest absolute Gasteiger partial charge is 0.492 e. The highest BCUT2D eigenvalue weighted by Gasteiger charge is 2.14. The highest BCUT2D eigenvalue weighted by atomic mass is 16.5. The van der Waals surface area contributed by atoms with Crippen LogP contribution in [0, 0.1) is 6.92 Å². The van der Waals surface area contributed by atoms with Crippen LogP contribution in [0.5, 0.6) is 5.75 Å². The molecule has 2 aromatic carbocycles. The van der Waals surface area contributed by atoms with Crippen molar-refractivity contribution in [1.82, 2.24) is 14.9 Å². The molecule has 4 aromatic rings. The van der Waals surface area contributed by atoms with Gasteiger partial charge >= 0.3 is 0 Å². The molecular weight excluding hydrogens is 310 g/mol. The Balaban J connectivity index is 1.94. The Hall–Kier alpha value is -2.59. The van der Waals surface area contributed by atoms with Gasteiger partial charge in [0.1, 0.15) is 12.4 Å². The van der Waals surface area contributed by atoms with E-state index in [1.165, 1.54) is 38.1 Å². The Morgan fingerprint density at radius 2 is 2.00 bits per heavy atom. The van der Waals surface area contributed by atoms with Crippen LogP contribution in [0.4, 0.5) is 0 Å². The SMILES string of the molecule is CNC(C)COc1ccc2c(c1)c1cc3cnccc3c(C)c1n2C. The molecule has 128 valence electrons. The molecule has 1 atom stereocenters. The van der Waals surface area contributed by atoms with E-state index in [0.717, 1.165) is 5.75 Å². The van der Waals surface area contributed by atoms with Crippen molar-refractivity contribution in [3.63, 3.8) is 0 Å². The fourth-order valence-corrected chi connectivity index (χ4v) is 3.59. The Labute approximate surface area is 147 Å². The summed E-state index contributed by atoms with van der Waals surface area (Å²) in [6.07, 6.45) is 3.80. The van der Waals surface area contributed by atoms with E-state index in [4.69, 9.17) is 4.74 Å². The van der Waals surface area contributed by atoms with E-state index in [0.29, 0.717) is 12.6 Å². The lowest BCUT2D eigenvalue weighted by Gasteiger charge is -2.12. The first-order chi connectivity index (χ1) is 12.1. The second-order valence-electron chi connectivity index (χ2n) is 6.73. The minimum atomic E-state index is 0.320. The van der Waals surface area contributed by atoms with Gasteiger partial charge in [-0.15, -0.1) is 0 Å². The smallest absolute Gasteiger partial charge is 0.120 e. The molecule has 0 spiro atoms. The highest BCUT2D eigenvalue weighted by Crippen LogP contribution is 2.36. The molecular formula is C21H23N3O. The average molecular weight is 333 g/mol. The number of fused-ring (bicyclic) bond motifs is 4. The maximum atomic E-state index is 5.96. The molecule has 0 bridgehead atoms. The number of aromatic nitrogens is 2. The lowest BCUT2D eigenvalue weighted by Crippen LogP contribution is -2.28. The summed E-state index contributed by atoms with van der Waals surface area (Å²) in [6.45, 7) is 4.95. The minimum Gasteiger partial charge on any atom is -0.492 e. The van der Waals surface area contributed by atoms with Crippen LogP contribution in [0.25, 0.3) is 32.6 Å². The van der Waals surface area contributed by atoms with Gasteiger partial charge in [0, 0.05) is 47.2 Å². The summed E-state index contributed by atoms with van der Waals surface area (Å²) < 4.78 is 8.24. The summed E-state index contributed by atoms with van der Waals surface area (Å²) in [6, 6.07) is 11.0. The molecule has 0 radical (unpaired) electrons. The third kappa shape index (κ3) is 2.53. The van der Waals surface area contributed by atoms with Gasteiger partial charge in [0.2, 0.25) is 0 Å². The van der Waals surface area contributed by atoms with E-state index in [1.807, 2.05) is 19.4 Å². The first kappa shape index (κ1) is 15.9. The van der Waals surface area contributed by atoms with Crippen LogP contribution in [-0.2, 0) is 7.05 Å². The average Bonchev–Trinajstić information content (AvgIpc) is 2.92. The molecule has 4 rings (SSSR count). The predicted molar refractivity (Wildman–Crippen MR) is 104 cm³/mol. The van der Waals surface area contributed by atoms with Crippen LogP contribution < -0.4 is 10.1 Å². The van der Waals surface area contributed by atoms with Crippen molar-refractivity contribution in [2.45, 2.75) is 19.9 Å². The molecule has 0 aliphatic heterocycles. The maximum absolute atomic E-state index is 5.96. The van der Waals surface area contributed by atoms with Crippen LogP contribution in [-0.4, -0.2) is 29.2 Å². The third-order valence-corrected chi connectivity index (χ3v) is 5.11. The summed E-state index contributed by atoms with van der Waals surface area (Å²) >= 11 is 0. The van der Waals surface area contributed by atoms with Crippen molar-refractivity contribution >= 4 is 32.6 Å².